The molecular formula is C41H29N. The van der Waals surface area contributed by atoms with Crippen LogP contribution in [0.4, 0.5) is 0 Å². The van der Waals surface area contributed by atoms with Crippen LogP contribution in [0.25, 0.3) is 76.7 Å². The Balaban J connectivity index is 1.31. The first-order chi connectivity index (χ1) is 20.6. The minimum Gasteiger partial charge on any atom is -0.354 e. The van der Waals surface area contributed by atoms with Crippen molar-refractivity contribution in [3.05, 3.63) is 145 Å². The Labute approximate surface area is 245 Å². The molecule has 0 saturated heterocycles. The van der Waals surface area contributed by atoms with Crippen LogP contribution in [0.1, 0.15) is 25.0 Å². The fraction of sp³-hybridized carbons (Fsp3) is 0.0732. The highest BCUT2D eigenvalue weighted by atomic mass is 14.7. The maximum absolute atomic E-state index is 3.80. The molecule has 9 rings (SSSR count). The van der Waals surface area contributed by atoms with Crippen LogP contribution in [-0.2, 0) is 5.41 Å². The molecule has 8 aromatic rings. The molecule has 1 heterocycles. The maximum atomic E-state index is 3.80. The molecule has 1 N–H and O–H groups in total. The SMILES string of the molecule is CC1(C)c2ccccc2-c2c(-c3cccc4c(-c5cccc6c5[nH]c5ccc7ccccc7c56)cccc34)cccc21. The van der Waals surface area contributed by atoms with Gasteiger partial charge in [-0.05, 0) is 66.6 Å². The number of fused-ring (bicyclic) bond motifs is 9. The van der Waals surface area contributed by atoms with Crippen LogP contribution in [-0.4, -0.2) is 4.98 Å². The molecule has 1 nitrogen and oxygen atoms in total. The van der Waals surface area contributed by atoms with E-state index < -0.39 is 0 Å². The number of hydrogen-bond donors (Lipinski definition) is 1. The minimum absolute atomic E-state index is 0.0207. The number of benzene rings is 7. The molecule has 1 aromatic heterocycles. The lowest BCUT2D eigenvalue weighted by Gasteiger charge is -2.21. The van der Waals surface area contributed by atoms with E-state index in [0.717, 1.165) is 0 Å². The molecular weight excluding hydrogens is 506 g/mol. The normalized spacial score (nSPS) is 13.7. The summed E-state index contributed by atoms with van der Waals surface area (Å²) in [7, 11) is 0. The van der Waals surface area contributed by atoms with Gasteiger partial charge in [-0.15, -0.1) is 0 Å². The average Bonchev–Trinajstić information content (AvgIpc) is 3.54. The van der Waals surface area contributed by atoms with Crippen molar-refractivity contribution >= 4 is 43.4 Å². The fourth-order valence-electron chi connectivity index (χ4n) is 7.68. The van der Waals surface area contributed by atoms with Gasteiger partial charge < -0.3 is 4.98 Å². The van der Waals surface area contributed by atoms with Gasteiger partial charge in [-0.1, -0.05) is 141 Å². The lowest BCUT2D eigenvalue weighted by atomic mass is 9.81. The van der Waals surface area contributed by atoms with Crippen LogP contribution < -0.4 is 0 Å². The van der Waals surface area contributed by atoms with Gasteiger partial charge in [0.25, 0.3) is 0 Å². The largest absolute Gasteiger partial charge is 0.354 e. The lowest BCUT2D eigenvalue weighted by molar-refractivity contribution is 0.660. The van der Waals surface area contributed by atoms with Gasteiger partial charge in [-0.25, -0.2) is 0 Å². The topological polar surface area (TPSA) is 15.8 Å². The van der Waals surface area contributed by atoms with Gasteiger partial charge in [0, 0.05) is 27.3 Å². The predicted octanol–water partition coefficient (Wildman–Crippen LogP) is 11.3. The number of aromatic nitrogens is 1. The number of aromatic amines is 1. The standard InChI is InChI=1S/C41H29N/c1-41(2)35-21-6-5-13-33(35)38-31(18-10-22-36(38)41)29-16-7-15-28-27(29)14-8-17-30(28)32-19-9-20-34-39-26-12-4-3-11-25(26)23-24-37(39)42-40(32)34/h3-24,42H,1-2H3. The first-order valence-corrected chi connectivity index (χ1v) is 14.8. The molecule has 1 aliphatic rings. The fourth-order valence-corrected chi connectivity index (χ4v) is 7.68. The molecule has 0 fully saturated rings. The summed E-state index contributed by atoms with van der Waals surface area (Å²) in [5.41, 5.74) is 13.0. The number of rotatable bonds is 2. The van der Waals surface area contributed by atoms with Gasteiger partial charge in [0.2, 0.25) is 0 Å². The van der Waals surface area contributed by atoms with Gasteiger partial charge in [0.1, 0.15) is 0 Å². The van der Waals surface area contributed by atoms with E-state index in [0.29, 0.717) is 0 Å². The van der Waals surface area contributed by atoms with E-state index in [1.165, 1.54) is 87.9 Å². The summed E-state index contributed by atoms with van der Waals surface area (Å²) in [4.78, 5) is 3.80. The Morgan fingerprint density at radius 2 is 1.00 bits per heavy atom. The Kier molecular flexibility index (Phi) is 4.73. The second-order valence-corrected chi connectivity index (χ2v) is 12.2. The third kappa shape index (κ3) is 3.08. The van der Waals surface area contributed by atoms with Crippen molar-refractivity contribution < 1.29 is 0 Å². The molecule has 0 unspecified atom stereocenters. The Morgan fingerprint density at radius 1 is 0.429 bits per heavy atom. The molecule has 0 amide bonds. The average molecular weight is 536 g/mol. The minimum atomic E-state index is -0.0207. The van der Waals surface area contributed by atoms with Crippen molar-refractivity contribution in [1.82, 2.24) is 4.98 Å². The lowest BCUT2D eigenvalue weighted by Crippen LogP contribution is -2.14. The first kappa shape index (κ1) is 23.6. The third-order valence-electron chi connectivity index (χ3n) is 9.63. The zero-order chi connectivity index (χ0) is 28.0. The number of nitrogens with one attached hydrogen (secondary N) is 1. The van der Waals surface area contributed by atoms with Crippen molar-refractivity contribution in [3.63, 3.8) is 0 Å². The Hall–Kier alpha value is -5.14. The number of H-pyrrole nitrogens is 1. The van der Waals surface area contributed by atoms with Crippen LogP contribution in [0.2, 0.25) is 0 Å². The van der Waals surface area contributed by atoms with E-state index in [1.54, 1.807) is 0 Å². The second kappa shape index (κ2) is 8.44. The van der Waals surface area contributed by atoms with Gasteiger partial charge >= 0.3 is 0 Å². The molecule has 0 radical (unpaired) electrons. The van der Waals surface area contributed by atoms with Crippen LogP contribution in [0.15, 0.2) is 133 Å². The molecule has 0 atom stereocenters. The van der Waals surface area contributed by atoms with Crippen LogP contribution in [0.3, 0.4) is 0 Å². The van der Waals surface area contributed by atoms with E-state index in [4.69, 9.17) is 0 Å². The second-order valence-electron chi connectivity index (χ2n) is 12.2. The van der Waals surface area contributed by atoms with Crippen LogP contribution in [0.5, 0.6) is 0 Å². The van der Waals surface area contributed by atoms with Crippen LogP contribution in [0, 0.1) is 0 Å². The van der Waals surface area contributed by atoms with E-state index in [-0.39, 0.29) is 5.41 Å². The highest BCUT2D eigenvalue weighted by Crippen LogP contribution is 2.52. The highest BCUT2D eigenvalue weighted by molar-refractivity contribution is 6.23. The molecule has 0 aliphatic heterocycles. The summed E-state index contributed by atoms with van der Waals surface area (Å²) in [5.74, 6) is 0. The summed E-state index contributed by atoms with van der Waals surface area (Å²) >= 11 is 0. The highest BCUT2D eigenvalue weighted by Gasteiger charge is 2.36. The summed E-state index contributed by atoms with van der Waals surface area (Å²) in [6.07, 6.45) is 0. The summed E-state index contributed by atoms with van der Waals surface area (Å²) < 4.78 is 0. The van der Waals surface area contributed by atoms with Crippen molar-refractivity contribution in [1.29, 1.82) is 0 Å². The molecule has 0 bridgehead atoms. The molecule has 0 saturated carbocycles. The predicted molar refractivity (Wildman–Crippen MR) is 179 cm³/mol. The van der Waals surface area contributed by atoms with E-state index in [2.05, 4.69) is 152 Å². The Bertz CT molecular complexity index is 2380. The zero-order valence-electron chi connectivity index (χ0n) is 23.7. The first-order valence-electron chi connectivity index (χ1n) is 14.8. The smallest absolute Gasteiger partial charge is 0.0544 e. The number of hydrogen-bond acceptors (Lipinski definition) is 0. The van der Waals surface area contributed by atoms with Crippen molar-refractivity contribution in [2.24, 2.45) is 0 Å². The molecule has 198 valence electrons. The van der Waals surface area contributed by atoms with E-state index >= 15 is 0 Å². The molecule has 7 aromatic carbocycles. The molecule has 1 aliphatic carbocycles. The monoisotopic (exact) mass is 535 g/mol. The molecule has 1 heteroatoms. The van der Waals surface area contributed by atoms with E-state index in [9.17, 15) is 0 Å². The van der Waals surface area contributed by atoms with Gasteiger partial charge in [-0.2, -0.15) is 0 Å². The van der Waals surface area contributed by atoms with Gasteiger partial charge in [0.05, 0.1) is 5.52 Å². The zero-order valence-corrected chi connectivity index (χ0v) is 23.7. The summed E-state index contributed by atoms with van der Waals surface area (Å²) in [6.45, 7) is 4.71. The van der Waals surface area contributed by atoms with E-state index in [1.807, 2.05) is 0 Å². The van der Waals surface area contributed by atoms with Crippen molar-refractivity contribution in [2.45, 2.75) is 19.3 Å². The maximum Gasteiger partial charge on any atom is 0.0544 e. The summed E-state index contributed by atoms with van der Waals surface area (Å²) in [5, 5.41) is 7.68. The van der Waals surface area contributed by atoms with Crippen molar-refractivity contribution in [2.75, 3.05) is 0 Å². The van der Waals surface area contributed by atoms with Gasteiger partial charge in [-0.3, -0.25) is 0 Å². The van der Waals surface area contributed by atoms with Crippen LogP contribution >= 0.6 is 0 Å². The number of para-hydroxylation sites is 1. The third-order valence-corrected chi connectivity index (χ3v) is 9.63. The summed E-state index contributed by atoms with van der Waals surface area (Å²) in [6, 6.07) is 49.2. The quantitative estimate of drug-likeness (QED) is 0.227. The Morgan fingerprint density at radius 3 is 1.83 bits per heavy atom. The molecule has 0 spiro atoms. The van der Waals surface area contributed by atoms with Gasteiger partial charge in [0.15, 0.2) is 0 Å². The van der Waals surface area contributed by atoms with Crippen molar-refractivity contribution in [3.8, 4) is 33.4 Å². The molecule has 42 heavy (non-hydrogen) atoms.